The number of nitrogens with one attached hydrogen (secondary N) is 1. The van der Waals surface area contributed by atoms with E-state index in [9.17, 15) is 19.7 Å². The number of rotatable bonds is 6. The van der Waals surface area contributed by atoms with E-state index in [1.54, 1.807) is 54.5 Å². The average Bonchev–Trinajstić information content (AvgIpc) is 3.23. The van der Waals surface area contributed by atoms with Crippen LogP contribution >= 0.6 is 0 Å². The molecule has 28 heavy (non-hydrogen) atoms. The number of hydrogen-bond donors (Lipinski definition) is 1. The SMILES string of the molecule is CCOC(=O)c1cc(C(=O)Nc2ccc(-n3ccnc3)cc2)cc([N+](=O)[O-])c1. The second-order valence-electron chi connectivity index (χ2n) is 5.72. The molecule has 0 atom stereocenters. The smallest absolute Gasteiger partial charge is 0.338 e. The molecule has 0 fully saturated rings. The summed E-state index contributed by atoms with van der Waals surface area (Å²) in [5.74, 6) is -1.31. The second kappa shape index (κ2) is 8.12. The van der Waals surface area contributed by atoms with Crippen molar-refractivity contribution >= 4 is 23.3 Å². The first-order chi connectivity index (χ1) is 13.5. The zero-order chi connectivity index (χ0) is 20.1. The Labute approximate surface area is 159 Å². The molecule has 1 heterocycles. The van der Waals surface area contributed by atoms with Crippen molar-refractivity contribution in [3.63, 3.8) is 0 Å². The minimum absolute atomic E-state index is 0.0176. The van der Waals surface area contributed by atoms with E-state index >= 15 is 0 Å². The van der Waals surface area contributed by atoms with Gasteiger partial charge >= 0.3 is 5.97 Å². The van der Waals surface area contributed by atoms with Crippen LogP contribution in [-0.2, 0) is 4.74 Å². The first kappa shape index (κ1) is 18.8. The predicted octanol–water partition coefficient (Wildman–Crippen LogP) is 3.21. The van der Waals surface area contributed by atoms with Gasteiger partial charge in [-0.3, -0.25) is 14.9 Å². The van der Waals surface area contributed by atoms with E-state index in [2.05, 4.69) is 10.3 Å². The molecule has 0 unspecified atom stereocenters. The van der Waals surface area contributed by atoms with Crippen molar-refractivity contribution in [3.05, 3.63) is 82.4 Å². The molecule has 0 saturated carbocycles. The van der Waals surface area contributed by atoms with Gasteiger partial charge in [-0.25, -0.2) is 9.78 Å². The number of amides is 1. The van der Waals surface area contributed by atoms with Gasteiger partial charge in [0.15, 0.2) is 0 Å². The lowest BCUT2D eigenvalue weighted by Gasteiger charge is -2.08. The minimum Gasteiger partial charge on any atom is -0.462 e. The first-order valence-electron chi connectivity index (χ1n) is 8.34. The molecule has 3 aromatic rings. The van der Waals surface area contributed by atoms with Gasteiger partial charge < -0.3 is 14.6 Å². The number of non-ortho nitro benzene ring substituents is 1. The molecule has 1 amide bonds. The number of nitro benzene ring substituents is 1. The van der Waals surface area contributed by atoms with Gasteiger partial charge in [0.2, 0.25) is 0 Å². The Balaban J connectivity index is 1.83. The van der Waals surface area contributed by atoms with Gasteiger partial charge in [0.25, 0.3) is 11.6 Å². The maximum atomic E-state index is 12.5. The summed E-state index contributed by atoms with van der Waals surface area (Å²) in [6.45, 7) is 1.74. The fourth-order valence-electron chi connectivity index (χ4n) is 2.51. The summed E-state index contributed by atoms with van der Waals surface area (Å²) < 4.78 is 6.67. The molecule has 0 aliphatic carbocycles. The topological polar surface area (TPSA) is 116 Å². The van der Waals surface area contributed by atoms with E-state index < -0.39 is 16.8 Å². The fraction of sp³-hybridized carbons (Fsp3) is 0.105. The maximum Gasteiger partial charge on any atom is 0.338 e. The summed E-state index contributed by atoms with van der Waals surface area (Å²) >= 11 is 0. The third kappa shape index (κ3) is 4.21. The molecule has 0 bridgehead atoms. The summed E-state index contributed by atoms with van der Waals surface area (Å²) in [5.41, 5.74) is 0.909. The molecule has 1 aromatic heterocycles. The maximum absolute atomic E-state index is 12.5. The molecular formula is C19H16N4O5. The van der Waals surface area contributed by atoms with Gasteiger partial charge in [-0.2, -0.15) is 0 Å². The summed E-state index contributed by atoms with van der Waals surface area (Å²) in [7, 11) is 0. The number of nitrogens with zero attached hydrogens (tertiary/aromatic N) is 3. The first-order valence-corrected chi connectivity index (χ1v) is 8.34. The van der Waals surface area contributed by atoms with Crippen molar-refractivity contribution in [1.82, 2.24) is 9.55 Å². The fourth-order valence-corrected chi connectivity index (χ4v) is 2.51. The molecule has 1 N–H and O–H groups in total. The molecule has 0 saturated heterocycles. The zero-order valence-corrected chi connectivity index (χ0v) is 14.9. The van der Waals surface area contributed by atoms with Crippen LogP contribution in [0.3, 0.4) is 0 Å². The summed E-state index contributed by atoms with van der Waals surface area (Å²) in [6, 6.07) is 10.4. The highest BCUT2D eigenvalue weighted by atomic mass is 16.6. The van der Waals surface area contributed by atoms with Gasteiger partial charge in [0.1, 0.15) is 0 Å². The largest absolute Gasteiger partial charge is 0.462 e. The number of esters is 1. The van der Waals surface area contributed by atoms with Crippen LogP contribution in [0.25, 0.3) is 5.69 Å². The third-order valence-electron chi connectivity index (χ3n) is 3.83. The average molecular weight is 380 g/mol. The van der Waals surface area contributed by atoms with Crippen molar-refractivity contribution < 1.29 is 19.2 Å². The van der Waals surface area contributed by atoms with Crippen LogP contribution in [-0.4, -0.2) is 33.0 Å². The summed E-state index contributed by atoms with van der Waals surface area (Å²) in [4.78, 5) is 38.9. The van der Waals surface area contributed by atoms with Gasteiger partial charge in [0, 0.05) is 41.5 Å². The zero-order valence-electron chi connectivity index (χ0n) is 14.9. The molecule has 0 radical (unpaired) electrons. The number of hydrogen-bond acceptors (Lipinski definition) is 6. The molecule has 0 spiro atoms. The normalized spacial score (nSPS) is 10.3. The lowest BCUT2D eigenvalue weighted by atomic mass is 10.1. The van der Waals surface area contributed by atoms with Crippen LogP contribution in [0.15, 0.2) is 61.2 Å². The van der Waals surface area contributed by atoms with Crippen LogP contribution in [0.4, 0.5) is 11.4 Å². The number of carbonyl (C=O) groups is 2. The molecule has 142 valence electrons. The van der Waals surface area contributed by atoms with E-state index in [1.807, 2.05) is 0 Å². The van der Waals surface area contributed by atoms with Gasteiger partial charge in [-0.15, -0.1) is 0 Å². The van der Waals surface area contributed by atoms with Gasteiger partial charge in [-0.1, -0.05) is 0 Å². The molecule has 0 aliphatic rings. The van der Waals surface area contributed by atoms with Crippen LogP contribution in [0.5, 0.6) is 0 Å². The standard InChI is InChI=1S/C19H16N4O5/c1-2-28-19(25)14-9-13(10-17(11-14)23(26)27)18(24)21-15-3-5-16(6-4-15)22-8-7-20-12-22/h3-12H,2H2,1H3,(H,21,24). The Kier molecular flexibility index (Phi) is 5.45. The third-order valence-corrected chi connectivity index (χ3v) is 3.83. The van der Waals surface area contributed by atoms with E-state index in [0.717, 1.165) is 17.8 Å². The van der Waals surface area contributed by atoms with Crippen LogP contribution in [0.2, 0.25) is 0 Å². The quantitative estimate of drug-likeness (QED) is 0.399. The highest BCUT2D eigenvalue weighted by Crippen LogP contribution is 2.20. The summed E-state index contributed by atoms with van der Waals surface area (Å²) in [5, 5.41) is 13.8. The molecule has 3 rings (SSSR count). The Morgan fingerprint density at radius 3 is 2.50 bits per heavy atom. The Bertz CT molecular complexity index is 1010. The summed E-state index contributed by atoms with van der Waals surface area (Å²) in [6.07, 6.45) is 5.08. The van der Waals surface area contributed by atoms with Crippen molar-refractivity contribution in [2.75, 3.05) is 11.9 Å². The van der Waals surface area contributed by atoms with E-state index in [4.69, 9.17) is 4.74 Å². The number of aromatic nitrogens is 2. The molecular weight excluding hydrogens is 364 g/mol. The molecule has 0 aliphatic heterocycles. The van der Waals surface area contributed by atoms with Crippen LogP contribution < -0.4 is 5.32 Å². The van der Waals surface area contributed by atoms with Crippen molar-refractivity contribution in [3.8, 4) is 5.69 Å². The lowest BCUT2D eigenvalue weighted by molar-refractivity contribution is -0.384. The Hall–Kier alpha value is -4.01. The second-order valence-corrected chi connectivity index (χ2v) is 5.72. The van der Waals surface area contributed by atoms with Gasteiger partial charge in [-0.05, 0) is 37.3 Å². The number of benzene rings is 2. The number of carbonyl (C=O) groups excluding carboxylic acids is 2. The van der Waals surface area contributed by atoms with Gasteiger partial charge in [0.05, 0.1) is 23.4 Å². The van der Waals surface area contributed by atoms with E-state index in [1.165, 1.54) is 6.07 Å². The van der Waals surface area contributed by atoms with Crippen LogP contribution in [0, 0.1) is 10.1 Å². The highest BCUT2D eigenvalue weighted by molar-refractivity contribution is 6.06. The molecule has 9 heteroatoms. The van der Waals surface area contributed by atoms with Crippen LogP contribution in [0.1, 0.15) is 27.6 Å². The van der Waals surface area contributed by atoms with Crippen molar-refractivity contribution in [2.24, 2.45) is 0 Å². The lowest BCUT2D eigenvalue weighted by Crippen LogP contribution is -2.14. The van der Waals surface area contributed by atoms with Crippen molar-refractivity contribution in [2.45, 2.75) is 6.92 Å². The predicted molar refractivity (Wildman–Crippen MR) is 101 cm³/mol. The Morgan fingerprint density at radius 2 is 1.89 bits per heavy atom. The molecule has 2 aromatic carbocycles. The number of anilines is 1. The monoisotopic (exact) mass is 380 g/mol. The molecule has 9 nitrogen and oxygen atoms in total. The Morgan fingerprint density at radius 1 is 1.18 bits per heavy atom. The van der Waals surface area contributed by atoms with E-state index in [0.29, 0.717) is 5.69 Å². The van der Waals surface area contributed by atoms with E-state index in [-0.39, 0.29) is 23.4 Å². The highest BCUT2D eigenvalue weighted by Gasteiger charge is 2.19. The number of ether oxygens (including phenoxy) is 1. The number of nitro groups is 1. The number of imidazole rings is 1. The minimum atomic E-state index is -0.732. The van der Waals surface area contributed by atoms with Crippen molar-refractivity contribution in [1.29, 1.82) is 0 Å².